The van der Waals surface area contributed by atoms with Gasteiger partial charge in [0.05, 0.1) is 0 Å². The first-order valence-corrected chi connectivity index (χ1v) is 7.96. The predicted octanol–water partition coefficient (Wildman–Crippen LogP) is 1.88. The molecule has 2 heterocycles. The summed E-state index contributed by atoms with van der Waals surface area (Å²) < 4.78 is 10.6. The quantitative estimate of drug-likeness (QED) is 0.867. The Kier molecular flexibility index (Phi) is 4.83. The van der Waals surface area contributed by atoms with E-state index >= 15 is 0 Å². The molecule has 3 rings (SSSR count). The molecule has 1 aliphatic rings. The van der Waals surface area contributed by atoms with Crippen LogP contribution in [0.25, 0.3) is 0 Å². The second-order valence-corrected chi connectivity index (χ2v) is 5.93. The van der Waals surface area contributed by atoms with Gasteiger partial charge in [-0.1, -0.05) is 6.07 Å². The van der Waals surface area contributed by atoms with E-state index in [9.17, 15) is 9.59 Å². The van der Waals surface area contributed by atoms with E-state index in [-0.39, 0.29) is 30.3 Å². The molecule has 1 aromatic carbocycles. The largest absolute Gasteiger partial charge is 0.454 e. The van der Waals surface area contributed by atoms with Crippen molar-refractivity contribution >= 4 is 11.8 Å². The van der Waals surface area contributed by atoms with Crippen molar-refractivity contribution in [2.75, 3.05) is 6.79 Å². The Labute approximate surface area is 145 Å². The minimum atomic E-state index is -0.305. The number of hydrogen-bond acceptors (Lipinski definition) is 5. The lowest BCUT2D eigenvalue weighted by molar-refractivity contribution is 0.0938. The minimum absolute atomic E-state index is 0.00205. The van der Waals surface area contributed by atoms with Gasteiger partial charge in [0.1, 0.15) is 5.69 Å². The van der Waals surface area contributed by atoms with Gasteiger partial charge in [0, 0.05) is 24.3 Å². The Morgan fingerprint density at radius 3 is 2.72 bits per heavy atom. The molecule has 130 valence electrons. The topological polar surface area (TPSA) is 89.6 Å². The number of ether oxygens (including phenoxy) is 2. The number of amides is 2. The molecule has 1 aromatic heterocycles. The number of pyridine rings is 1. The Hall–Kier alpha value is -3.09. The van der Waals surface area contributed by atoms with Crippen LogP contribution >= 0.6 is 0 Å². The minimum Gasteiger partial charge on any atom is -0.454 e. The number of rotatable bonds is 5. The summed E-state index contributed by atoms with van der Waals surface area (Å²) >= 11 is 0. The molecule has 0 saturated carbocycles. The zero-order valence-electron chi connectivity index (χ0n) is 14.0. The first kappa shape index (κ1) is 16.8. The molecular weight excluding hydrogens is 322 g/mol. The highest BCUT2D eigenvalue weighted by Gasteiger charge is 2.15. The van der Waals surface area contributed by atoms with Crippen LogP contribution in [0.4, 0.5) is 0 Å². The summed E-state index contributed by atoms with van der Waals surface area (Å²) in [7, 11) is 0. The number of hydrogen-bond donors (Lipinski definition) is 2. The van der Waals surface area contributed by atoms with Crippen molar-refractivity contribution < 1.29 is 19.1 Å². The smallest absolute Gasteiger partial charge is 0.270 e. The average molecular weight is 341 g/mol. The zero-order valence-corrected chi connectivity index (χ0v) is 14.0. The summed E-state index contributed by atoms with van der Waals surface area (Å²) in [6.45, 7) is 4.27. The summed E-state index contributed by atoms with van der Waals surface area (Å²) in [6, 6.07) is 8.55. The van der Waals surface area contributed by atoms with Crippen LogP contribution in [0, 0.1) is 0 Å². The van der Waals surface area contributed by atoms with Gasteiger partial charge >= 0.3 is 0 Å². The summed E-state index contributed by atoms with van der Waals surface area (Å²) in [6.07, 6.45) is 1.45. The lowest BCUT2D eigenvalue weighted by Crippen LogP contribution is -2.31. The van der Waals surface area contributed by atoms with Gasteiger partial charge in [0.15, 0.2) is 11.5 Å². The molecule has 0 atom stereocenters. The van der Waals surface area contributed by atoms with E-state index in [1.807, 2.05) is 32.0 Å². The number of aromatic nitrogens is 1. The second-order valence-electron chi connectivity index (χ2n) is 5.93. The van der Waals surface area contributed by atoms with Crippen LogP contribution in [0.3, 0.4) is 0 Å². The van der Waals surface area contributed by atoms with Gasteiger partial charge in [-0.15, -0.1) is 0 Å². The normalized spacial score (nSPS) is 12.1. The number of nitrogens with one attached hydrogen (secondary N) is 2. The van der Waals surface area contributed by atoms with Crippen molar-refractivity contribution in [1.29, 1.82) is 0 Å². The van der Waals surface area contributed by atoms with Crippen LogP contribution in [0.2, 0.25) is 0 Å². The average Bonchev–Trinajstić information content (AvgIpc) is 3.07. The Balaban J connectivity index is 1.64. The molecule has 0 unspecified atom stereocenters. The van der Waals surface area contributed by atoms with E-state index in [0.717, 1.165) is 5.56 Å². The highest BCUT2D eigenvalue weighted by Crippen LogP contribution is 2.32. The van der Waals surface area contributed by atoms with Gasteiger partial charge in [0.25, 0.3) is 11.8 Å². The Morgan fingerprint density at radius 2 is 1.92 bits per heavy atom. The van der Waals surface area contributed by atoms with Gasteiger partial charge in [-0.25, -0.2) is 0 Å². The number of fused-ring (bicyclic) bond motifs is 1. The van der Waals surface area contributed by atoms with E-state index in [1.54, 1.807) is 6.07 Å². The fraction of sp³-hybridized carbons (Fsp3) is 0.278. The monoisotopic (exact) mass is 341 g/mol. The molecule has 2 amide bonds. The molecule has 0 aliphatic carbocycles. The number of carbonyl (C=O) groups is 2. The van der Waals surface area contributed by atoms with E-state index in [2.05, 4.69) is 15.6 Å². The van der Waals surface area contributed by atoms with E-state index < -0.39 is 0 Å². The summed E-state index contributed by atoms with van der Waals surface area (Å²) in [5, 5.41) is 5.57. The first-order chi connectivity index (χ1) is 12.0. The summed E-state index contributed by atoms with van der Waals surface area (Å²) in [4.78, 5) is 28.3. The molecule has 0 fully saturated rings. The van der Waals surface area contributed by atoms with Crippen LogP contribution in [0.15, 0.2) is 36.5 Å². The third-order valence-electron chi connectivity index (χ3n) is 3.56. The molecule has 0 spiro atoms. The fourth-order valence-corrected chi connectivity index (χ4v) is 2.37. The maximum atomic E-state index is 12.3. The molecule has 25 heavy (non-hydrogen) atoms. The first-order valence-electron chi connectivity index (χ1n) is 7.96. The molecule has 0 bridgehead atoms. The summed E-state index contributed by atoms with van der Waals surface area (Å²) in [5.74, 6) is 0.785. The third-order valence-corrected chi connectivity index (χ3v) is 3.56. The SMILES string of the molecule is CC(C)NC(=O)c1cc(C(=O)NCc2ccc3c(c2)OCO3)ccn1. The summed E-state index contributed by atoms with van der Waals surface area (Å²) in [5.41, 5.74) is 1.48. The van der Waals surface area contributed by atoms with Crippen molar-refractivity contribution in [3.8, 4) is 11.5 Å². The van der Waals surface area contributed by atoms with Crippen molar-refractivity contribution in [1.82, 2.24) is 15.6 Å². The maximum absolute atomic E-state index is 12.3. The Bertz CT molecular complexity index is 805. The molecule has 2 N–H and O–H groups in total. The highest BCUT2D eigenvalue weighted by atomic mass is 16.7. The predicted molar refractivity (Wildman–Crippen MR) is 90.6 cm³/mol. The van der Waals surface area contributed by atoms with Crippen LogP contribution in [-0.4, -0.2) is 29.6 Å². The zero-order chi connectivity index (χ0) is 17.8. The van der Waals surface area contributed by atoms with Gasteiger partial charge in [0.2, 0.25) is 6.79 Å². The van der Waals surface area contributed by atoms with Gasteiger partial charge in [-0.2, -0.15) is 0 Å². The number of carbonyl (C=O) groups excluding carboxylic acids is 2. The van der Waals surface area contributed by atoms with E-state index in [4.69, 9.17) is 9.47 Å². The highest BCUT2D eigenvalue weighted by molar-refractivity contribution is 5.98. The molecule has 1 aliphatic heterocycles. The van der Waals surface area contributed by atoms with Crippen molar-refractivity contribution in [3.63, 3.8) is 0 Å². The van der Waals surface area contributed by atoms with Crippen molar-refractivity contribution in [3.05, 3.63) is 53.3 Å². The Morgan fingerprint density at radius 1 is 1.12 bits per heavy atom. The van der Waals surface area contributed by atoms with E-state index in [1.165, 1.54) is 12.3 Å². The molecular formula is C18H19N3O4. The van der Waals surface area contributed by atoms with Crippen LogP contribution in [-0.2, 0) is 6.54 Å². The van der Waals surface area contributed by atoms with Crippen molar-refractivity contribution in [2.24, 2.45) is 0 Å². The van der Waals surface area contributed by atoms with Crippen LogP contribution < -0.4 is 20.1 Å². The fourth-order valence-electron chi connectivity index (χ4n) is 2.37. The standard InChI is InChI=1S/C18H19N3O4/c1-11(2)21-18(23)14-8-13(5-6-19-14)17(22)20-9-12-3-4-15-16(7-12)25-10-24-15/h3-8,11H,9-10H2,1-2H3,(H,20,22)(H,21,23). The molecule has 2 aromatic rings. The maximum Gasteiger partial charge on any atom is 0.270 e. The molecule has 0 saturated heterocycles. The lowest BCUT2D eigenvalue weighted by atomic mass is 10.1. The number of nitrogens with zero attached hydrogens (tertiary/aromatic N) is 1. The van der Waals surface area contributed by atoms with Gasteiger partial charge in [-0.05, 0) is 43.7 Å². The van der Waals surface area contributed by atoms with E-state index in [0.29, 0.717) is 23.6 Å². The lowest BCUT2D eigenvalue weighted by Gasteiger charge is -2.09. The van der Waals surface area contributed by atoms with Crippen LogP contribution in [0.1, 0.15) is 40.3 Å². The number of benzene rings is 1. The van der Waals surface area contributed by atoms with Crippen molar-refractivity contribution in [2.45, 2.75) is 26.4 Å². The molecule has 0 radical (unpaired) electrons. The molecule has 7 heteroatoms. The second kappa shape index (κ2) is 7.21. The van der Waals surface area contributed by atoms with Crippen LogP contribution in [0.5, 0.6) is 11.5 Å². The van der Waals surface area contributed by atoms with Gasteiger partial charge < -0.3 is 20.1 Å². The van der Waals surface area contributed by atoms with Gasteiger partial charge in [-0.3, -0.25) is 14.6 Å². The third kappa shape index (κ3) is 4.06. The molecule has 7 nitrogen and oxygen atoms in total.